The van der Waals surface area contributed by atoms with E-state index in [-0.39, 0.29) is 6.42 Å². The van der Waals surface area contributed by atoms with Gasteiger partial charge >= 0.3 is 17.9 Å². The van der Waals surface area contributed by atoms with E-state index in [2.05, 4.69) is 0 Å². The summed E-state index contributed by atoms with van der Waals surface area (Å²) < 4.78 is 0. The lowest BCUT2D eigenvalue weighted by Gasteiger charge is -2.27. The second-order valence-electron chi connectivity index (χ2n) is 3.10. The van der Waals surface area contributed by atoms with Crippen molar-refractivity contribution in [2.45, 2.75) is 25.4 Å². The quantitative estimate of drug-likeness (QED) is 0.469. The Bertz CT molecular complexity index is 285. The molecule has 0 aromatic rings. The molecule has 0 saturated carbocycles. The fourth-order valence-corrected chi connectivity index (χ4v) is 1.29. The summed E-state index contributed by atoms with van der Waals surface area (Å²) in [5.74, 6) is -6.60. The molecule has 0 aliphatic heterocycles. The fourth-order valence-electron chi connectivity index (χ4n) is 1.29. The number of hydrogen-bond acceptors (Lipinski definition) is 4. The Kier molecular flexibility index (Phi) is 4.22. The molecular weight excluding hydrogens is 208 g/mol. The van der Waals surface area contributed by atoms with Gasteiger partial charge in [-0.25, -0.2) is 4.79 Å². The summed E-state index contributed by atoms with van der Waals surface area (Å²) in [6.45, 7) is 1.36. The zero-order valence-corrected chi connectivity index (χ0v) is 8.01. The van der Waals surface area contributed by atoms with Gasteiger partial charge in [-0.1, -0.05) is 6.92 Å². The van der Waals surface area contributed by atoms with E-state index >= 15 is 0 Å². The molecule has 0 aromatic heterocycles. The Labute approximate surface area is 85.0 Å². The van der Waals surface area contributed by atoms with Crippen molar-refractivity contribution in [3.05, 3.63) is 0 Å². The number of carboxylic acids is 3. The van der Waals surface area contributed by atoms with Crippen LogP contribution >= 0.6 is 0 Å². The van der Waals surface area contributed by atoms with Crippen molar-refractivity contribution < 1.29 is 34.8 Å². The van der Waals surface area contributed by atoms with E-state index in [1.807, 2.05) is 0 Å². The molecule has 0 aliphatic rings. The first kappa shape index (κ1) is 13.4. The average molecular weight is 220 g/mol. The predicted octanol–water partition coefficient (Wildman–Crippen LogP) is -0.612. The zero-order chi connectivity index (χ0) is 12.2. The van der Waals surface area contributed by atoms with Gasteiger partial charge in [0.25, 0.3) is 0 Å². The Hall–Kier alpha value is -1.63. The lowest BCUT2D eigenvalue weighted by atomic mass is 9.83. The molecule has 86 valence electrons. The van der Waals surface area contributed by atoms with E-state index in [9.17, 15) is 19.5 Å². The Morgan fingerprint density at radius 1 is 1.20 bits per heavy atom. The highest BCUT2D eigenvalue weighted by molar-refractivity contribution is 5.89. The van der Waals surface area contributed by atoms with Crippen LogP contribution in [0.4, 0.5) is 0 Å². The number of rotatable bonds is 6. The molecule has 2 atom stereocenters. The van der Waals surface area contributed by atoms with Gasteiger partial charge < -0.3 is 20.4 Å². The van der Waals surface area contributed by atoms with E-state index in [1.165, 1.54) is 6.92 Å². The van der Waals surface area contributed by atoms with Crippen LogP contribution in [0.2, 0.25) is 0 Å². The van der Waals surface area contributed by atoms with E-state index in [0.717, 1.165) is 0 Å². The van der Waals surface area contributed by atoms with Crippen LogP contribution in [0.5, 0.6) is 0 Å². The molecule has 0 fully saturated rings. The monoisotopic (exact) mass is 220 g/mol. The first-order chi connectivity index (χ1) is 6.75. The first-order valence-electron chi connectivity index (χ1n) is 4.16. The molecule has 0 radical (unpaired) electrons. The molecule has 7 heteroatoms. The Balaban J connectivity index is 5.15. The topological polar surface area (TPSA) is 132 Å². The van der Waals surface area contributed by atoms with Crippen LogP contribution in [0.25, 0.3) is 0 Å². The molecule has 0 spiro atoms. The summed E-state index contributed by atoms with van der Waals surface area (Å²) in [6.07, 6.45) is -1.32. The summed E-state index contributed by atoms with van der Waals surface area (Å²) in [7, 11) is 0. The molecule has 0 aliphatic carbocycles. The molecule has 0 aromatic carbocycles. The third-order valence-corrected chi connectivity index (χ3v) is 2.07. The van der Waals surface area contributed by atoms with Gasteiger partial charge in [-0.15, -0.1) is 0 Å². The van der Waals surface area contributed by atoms with Crippen LogP contribution in [0.3, 0.4) is 0 Å². The smallest absolute Gasteiger partial charge is 0.337 e. The van der Waals surface area contributed by atoms with Crippen molar-refractivity contribution in [2.75, 3.05) is 0 Å². The summed E-state index contributed by atoms with van der Waals surface area (Å²) in [4.78, 5) is 31.7. The lowest BCUT2D eigenvalue weighted by Crippen LogP contribution is -2.50. The molecule has 0 amide bonds. The molecule has 0 rings (SSSR count). The molecule has 0 saturated heterocycles. The minimum absolute atomic E-state index is 0.175. The molecular formula is C8H12O7. The number of carbonyl (C=O) groups is 3. The second-order valence-corrected chi connectivity index (χ2v) is 3.10. The zero-order valence-electron chi connectivity index (χ0n) is 8.01. The van der Waals surface area contributed by atoms with Crippen molar-refractivity contribution in [3.8, 4) is 0 Å². The van der Waals surface area contributed by atoms with Gasteiger partial charge in [0.05, 0.1) is 12.3 Å². The number of aliphatic carboxylic acids is 3. The maximum absolute atomic E-state index is 10.7. The van der Waals surface area contributed by atoms with E-state index < -0.39 is 35.8 Å². The van der Waals surface area contributed by atoms with E-state index in [4.69, 9.17) is 15.3 Å². The summed E-state index contributed by atoms with van der Waals surface area (Å²) in [5.41, 5.74) is -2.77. The van der Waals surface area contributed by atoms with Crippen molar-refractivity contribution >= 4 is 17.9 Å². The van der Waals surface area contributed by atoms with E-state index in [1.54, 1.807) is 0 Å². The summed E-state index contributed by atoms with van der Waals surface area (Å²) in [6, 6.07) is 0. The maximum Gasteiger partial charge on any atom is 0.337 e. The van der Waals surface area contributed by atoms with Crippen LogP contribution in [-0.2, 0) is 14.4 Å². The third-order valence-electron chi connectivity index (χ3n) is 2.07. The van der Waals surface area contributed by atoms with Crippen LogP contribution in [-0.4, -0.2) is 43.9 Å². The average Bonchev–Trinajstić information content (AvgIpc) is 2.02. The molecule has 0 unspecified atom stereocenters. The minimum atomic E-state index is -2.77. The Morgan fingerprint density at radius 2 is 1.67 bits per heavy atom. The van der Waals surface area contributed by atoms with Crippen molar-refractivity contribution in [3.63, 3.8) is 0 Å². The molecule has 7 nitrogen and oxygen atoms in total. The van der Waals surface area contributed by atoms with Gasteiger partial charge in [-0.2, -0.15) is 0 Å². The highest BCUT2D eigenvalue weighted by Crippen LogP contribution is 2.25. The summed E-state index contributed by atoms with van der Waals surface area (Å²) >= 11 is 0. The molecule has 0 bridgehead atoms. The van der Waals surface area contributed by atoms with Gasteiger partial charge in [0.1, 0.15) is 0 Å². The van der Waals surface area contributed by atoms with Gasteiger partial charge in [-0.3, -0.25) is 9.59 Å². The first-order valence-corrected chi connectivity index (χ1v) is 4.16. The van der Waals surface area contributed by atoms with Crippen LogP contribution in [0.1, 0.15) is 19.8 Å². The summed E-state index contributed by atoms with van der Waals surface area (Å²) in [5, 5.41) is 35.2. The van der Waals surface area contributed by atoms with Gasteiger partial charge in [0.15, 0.2) is 5.60 Å². The number of hydrogen-bond donors (Lipinski definition) is 4. The van der Waals surface area contributed by atoms with Crippen molar-refractivity contribution in [1.29, 1.82) is 0 Å². The predicted molar refractivity (Wildman–Crippen MR) is 46.3 cm³/mol. The minimum Gasteiger partial charge on any atom is -0.481 e. The van der Waals surface area contributed by atoms with Crippen molar-refractivity contribution in [1.82, 2.24) is 0 Å². The van der Waals surface area contributed by atoms with Crippen LogP contribution in [0, 0.1) is 5.92 Å². The van der Waals surface area contributed by atoms with E-state index in [0.29, 0.717) is 0 Å². The molecule has 0 heterocycles. The van der Waals surface area contributed by atoms with Gasteiger partial charge in [-0.05, 0) is 6.42 Å². The maximum atomic E-state index is 10.7. The fraction of sp³-hybridized carbons (Fsp3) is 0.625. The molecule has 4 N–H and O–H groups in total. The van der Waals surface area contributed by atoms with Crippen molar-refractivity contribution in [2.24, 2.45) is 5.92 Å². The molecule has 15 heavy (non-hydrogen) atoms. The van der Waals surface area contributed by atoms with Crippen LogP contribution in [0.15, 0.2) is 0 Å². The van der Waals surface area contributed by atoms with Crippen LogP contribution < -0.4 is 0 Å². The van der Waals surface area contributed by atoms with Gasteiger partial charge in [0, 0.05) is 0 Å². The largest absolute Gasteiger partial charge is 0.481 e. The number of aliphatic hydroxyl groups is 1. The normalized spacial score (nSPS) is 16.4. The number of carboxylic acid groups (broad SMARTS) is 3. The highest BCUT2D eigenvalue weighted by atomic mass is 16.4. The third kappa shape index (κ3) is 2.91. The highest BCUT2D eigenvalue weighted by Gasteiger charge is 2.49. The lowest BCUT2D eigenvalue weighted by molar-refractivity contribution is -0.179. The standard InChI is InChI=1S/C8H12O7/c1-2-4(6(11)12)8(15,7(13)14)3-5(9)10/h4,15H,2-3H2,1H3,(H,9,10)(H,11,12)(H,13,14)/t4-,8+/m0/s1. The second kappa shape index (κ2) is 4.74. The van der Waals surface area contributed by atoms with Gasteiger partial charge in [0.2, 0.25) is 0 Å². The SMILES string of the molecule is CC[C@@H](C(=O)O)[C@](O)(CC(=O)O)C(=O)O. The Morgan fingerprint density at radius 3 is 1.87 bits per heavy atom.